The molecule has 0 atom stereocenters. The van der Waals surface area contributed by atoms with Gasteiger partial charge in [0.2, 0.25) is 0 Å². The van der Waals surface area contributed by atoms with Crippen LogP contribution >= 0.6 is 0 Å². The van der Waals surface area contributed by atoms with E-state index in [4.69, 9.17) is 4.74 Å². The van der Waals surface area contributed by atoms with Crippen molar-refractivity contribution in [2.24, 2.45) is 0 Å². The molecule has 2 aromatic rings. The summed E-state index contributed by atoms with van der Waals surface area (Å²) < 4.78 is 5.91. The fourth-order valence-corrected chi connectivity index (χ4v) is 2.47. The molecule has 0 unspecified atom stereocenters. The van der Waals surface area contributed by atoms with Crippen LogP contribution in [-0.4, -0.2) is 12.6 Å². The fraction of sp³-hybridized carbons (Fsp3) is 0.368. The van der Waals surface area contributed by atoms with Crippen molar-refractivity contribution in [1.29, 1.82) is 0 Å². The molecule has 1 N–H and O–H groups in total. The van der Waals surface area contributed by atoms with E-state index in [0.29, 0.717) is 6.10 Å². The standard InChI is InChI=1S/C19H23NO/c1-3-20-13-15-8-7-14(2)19(11-15)16-5-4-6-18(12-16)21-17-9-10-17/h4-8,11-12,17,20H,3,9-10,13H2,1-2H3. The van der Waals surface area contributed by atoms with Gasteiger partial charge in [0.25, 0.3) is 0 Å². The number of benzene rings is 2. The third kappa shape index (κ3) is 3.64. The molecular weight excluding hydrogens is 258 g/mol. The Morgan fingerprint density at radius 2 is 2.00 bits per heavy atom. The Morgan fingerprint density at radius 1 is 1.14 bits per heavy atom. The first-order valence-corrected chi connectivity index (χ1v) is 7.83. The average molecular weight is 281 g/mol. The maximum absolute atomic E-state index is 5.91. The maximum atomic E-state index is 5.91. The lowest BCUT2D eigenvalue weighted by molar-refractivity contribution is 0.303. The lowest BCUT2D eigenvalue weighted by Gasteiger charge is -2.11. The zero-order valence-corrected chi connectivity index (χ0v) is 12.9. The molecule has 2 heteroatoms. The summed E-state index contributed by atoms with van der Waals surface area (Å²) in [6.07, 6.45) is 2.84. The van der Waals surface area contributed by atoms with E-state index in [-0.39, 0.29) is 0 Å². The molecule has 0 bridgehead atoms. The van der Waals surface area contributed by atoms with Gasteiger partial charge in [-0.1, -0.05) is 31.2 Å². The predicted molar refractivity (Wildman–Crippen MR) is 87.6 cm³/mol. The highest BCUT2D eigenvalue weighted by Crippen LogP contribution is 2.31. The van der Waals surface area contributed by atoms with E-state index in [9.17, 15) is 0 Å². The van der Waals surface area contributed by atoms with Crippen molar-refractivity contribution in [2.45, 2.75) is 39.3 Å². The van der Waals surface area contributed by atoms with Crippen LogP contribution in [0.25, 0.3) is 11.1 Å². The molecule has 1 saturated carbocycles. The summed E-state index contributed by atoms with van der Waals surface area (Å²) in [5.74, 6) is 0.992. The third-order valence-corrected chi connectivity index (χ3v) is 3.85. The van der Waals surface area contributed by atoms with E-state index in [1.54, 1.807) is 0 Å². The number of rotatable bonds is 6. The van der Waals surface area contributed by atoms with E-state index in [2.05, 4.69) is 61.6 Å². The van der Waals surface area contributed by atoms with Crippen LogP contribution in [0.5, 0.6) is 5.75 Å². The van der Waals surface area contributed by atoms with Gasteiger partial charge in [-0.25, -0.2) is 0 Å². The molecule has 0 amide bonds. The van der Waals surface area contributed by atoms with Crippen molar-refractivity contribution in [3.05, 3.63) is 53.6 Å². The van der Waals surface area contributed by atoms with Gasteiger partial charge in [-0.2, -0.15) is 0 Å². The Balaban J connectivity index is 1.87. The van der Waals surface area contributed by atoms with E-state index in [1.165, 1.54) is 35.1 Å². The Bertz CT molecular complexity index is 617. The molecular formula is C19H23NO. The van der Waals surface area contributed by atoms with Crippen molar-refractivity contribution in [1.82, 2.24) is 5.32 Å². The van der Waals surface area contributed by atoms with Crippen LogP contribution in [0.4, 0.5) is 0 Å². The molecule has 1 aliphatic rings. The molecule has 1 aliphatic carbocycles. The molecule has 110 valence electrons. The number of hydrogen-bond donors (Lipinski definition) is 1. The van der Waals surface area contributed by atoms with Crippen molar-refractivity contribution >= 4 is 0 Å². The molecule has 21 heavy (non-hydrogen) atoms. The quantitative estimate of drug-likeness (QED) is 0.851. The number of aryl methyl sites for hydroxylation is 1. The smallest absolute Gasteiger partial charge is 0.120 e. The lowest BCUT2D eigenvalue weighted by atomic mass is 9.98. The minimum Gasteiger partial charge on any atom is -0.490 e. The van der Waals surface area contributed by atoms with Crippen LogP contribution in [0, 0.1) is 6.92 Å². The van der Waals surface area contributed by atoms with Crippen LogP contribution in [0.1, 0.15) is 30.9 Å². The van der Waals surface area contributed by atoms with Crippen molar-refractivity contribution < 1.29 is 4.74 Å². The van der Waals surface area contributed by atoms with Crippen LogP contribution in [0.3, 0.4) is 0 Å². The zero-order chi connectivity index (χ0) is 14.7. The minimum absolute atomic E-state index is 0.446. The third-order valence-electron chi connectivity index (χ3n) is 3.85. The Hall–Kier alpha value is -1.80. The highest BCUT2D eigenvalue weighted by atomic mass is 16.5. The first kappa shape index (κ1) is 14.2. The zero-order valence-electron chi connectivity index (χ0n) is 12.9. The molecule has 0 saturated heterocycles. The summed E-state index contributed by atoms with van der Waals surface area (Å²) >= 11 is 0. The highest BCUT2D eigenvalue weighted by Gasteiger charge is 2.23. The van der Waals surface area contributed by atoms with Gasteiger partial charge in [-0.3, -0.25) is 0 Å². The van der Waals surface area contributed by atoms with E-state index >= 15 is 0 Å². The molecule has 0 heterocycles. The van der Waals surface area contributed by atoms with Gasteiger partial charge in [-0.05, 0) is 66.8 Å². The molecule has 0 aliphatic heterocycles. The first-order valence-electron chi connectivity index (χ1n) is 7.83. The van der Waals surface area contributed by atoms with E-state index < -0.39 is 0 Å². The molecule has 0 radical (unpaired) electrons. The second-order valence-electron chi connectivity index (χ2n) is 5.77. The Labute approximate surface area is 127 Å². The van der Waals surface area contributed by atoms with Gasteiger partial charge < -0.3 is 10.1 Å². The molecule has 0 aromatic heterocycles. The summed E-state index contributed by atoms with van der Waals surface area (Å²) in [5, 5.41) is 3.38. The summed E-state index contributed by atoms with van der Waals surface area (Å²) in [5.41, 5.74) is 5.17. The first-order chi connectivity index (χ1) is 10.3. The topological polar surface area (TPSA) is 21.3 Å². The van der Waals surface area contributed by atoms with Crippen LogP contribution in [-0.2, 0) is 6.54 Å². The Kier molecular flexibility index (Phi) is 4.26. The van der Waals surface area contributed by atoms with E-state index in [0.717, 1.165) is 18.8 Å². The largest absolute Gasteiger partial charge is 0.490 e. The normalized spacial score (nSPS) is 14.2. The second kappa shape index (κ2) is 6.31. The minimum atomic E-state index is 0.446. The van der Waals surface area contributed by atoms with Gasteiger partial charge in [0.05, 0.1) is 6.10 Å². The Morgan fingerprint density at radius 3 is 2.76 bits per heavy atom. The maximum Gasteiger partial charge on any atom is 0.120 e. The monoisotopic (exact) mass is 281 g/mol. The molecule has 3 rings (SSSR count). The van der Waals surface area contributed by atoms with Crippen LogP contribution in [0.2, 0.25) is 0 Å². The number of ether oxygens (including phenoxy) is 1. The fourth-order valence-electron chi connectivity index (χ4n) is 2.47. The summed E-state index contributed by atoms with van der Waals surface area (Å²) in [7, 11) is 0. The van der Waals surface area contributed by atoms with Crippen molar-refractivity contribution in [3.8, 4) is 16.9 Å². The number of hydrogen-bond acceptors (Lipinski definition) is 2. The van der Waals surface area contributed by atoms with Crippen LogP contribution < -0.4 is 10.1 Å². The van der Waals surface area contributed by atoms with Gasteiger partial charge in [0.15, 0.2) is 0 Å². The van der Waals surface area contributed by atoms with Gasteiger partial charge >= 0.3 is 0 Å². The van der Waals surface area contributed by atoms with Gasteiger partial charge in [0.1, 0.15) is 5.75 Å². The van der Waals surface area contributed by atoms with Gasteiger partial charge in [-0.15, -0.1) is 0 Å². The molecule has 2 aromatic carbocycles. The van der Waals surface area contributed by atoms with Crippen LogP contribution in [0.15, 0.2) is 42.5 Å². The number of nitrogens with one attached hydrogen (secondary N) is 1. The van der Waals surface area contributed by atoms with E-state index in [1.807, 2.05) is 0 Å². The molecule has 0 spiro atoms. The van der Waals surface area contributed by atoms with Gasteiger partial charge in [0, 0.05) is 6.54 Å². The summed E-state index contributed by atoms with van der Waals surface area (Å²) in [4.78, 5) is 0. The predicted octanol–water partition coefficient (Wildman–Crippen LogP) is 4.31. The summed E-state index contributed by atoms with van der Waals surface area (Å²) in [6, 6.07) is 15.2. The highest BCUT2D eigenvalue weighted by molar-refractivity contribution is 5.69. The second-order valence-corrected chi connectivity index (χ2v) is 5.77. The van der Waals surface area contributed by atoms with Crippen molar-refractivity contribution in [2.75, 3.05) is 6.54 Å². The SMILES string of the molecule is CCNCc1ccc(C)c(-c2cccc(OC3CC3)c2)c1. The summed E-state index contributed by atoms with van der Waals surface area (Å²) in [6.45, 7) is 6.21. The average Bonchev–Trinajstić information content (AvgIpc) is 3.30. The van der Waals surface area contributed by atoms with Crippen molar-refractivity contribution in [3.63, 3.8) is 0 Å². The molecule has 2 nitrogen and oxygen atoms in total. The lowest BCUT2D eigenvalue weighted by Crippen LogP contribution is -2.11. The molecule has 1 fully saturated rings.